The van der Waals surface area contributed by atoms with E-state index in [1.165, 1.54) is 18.9 Å². The van der Waals surface area contributed by atoms with Gasteiger partial charge in [-0.1, -0.05) is 6.42 Å². The molecule has 5 nitrogen and oxygen atoms in total. The van der Waals surface area contributed by atoms with E-state index in [1.807, 2.05) is 6.20 Å². The summed E-state index contributed by atoms with van der Waals surface area (Å²) in [5, 5.41) is 0. The fraction of sp³-hybridized carbons (Fsp3) is 0.400. The van der Waals surface area contributed by atoms with Gasteiger partial charge in [0.1, 0.15) is 0 Å². The molecular formula is C15H16N2O3. The molecule has 2 aliphatic rings. The minimum atomic E-state index is -0.436. The smallest absolute Gasteiger partial charge is 0.309 e. The molecule has 0 bridgehead atoms. The van der Waals surface area contributed by atoms with Gasteiger partial charge in [0.2, 0.25) is 5.88 Å². The molecule has 0 N–H and O–H groups in total. The molecule has 5 heteroatoms. The Morgan fingerprint density at radius 1 is 1.50 bits per heavy atom. The molecule has 1 aliphatic carbocycles. The van der Waals surface area contributed by atoms with E-state index in [4.69, 9.17) is 4.74 Å². The molecule has 3 rings (SSSR count). The summed E-state index contributed by atoms with van der Waals surface area (Å²) in [5.74, 6) is -0.151. The Kier molecular flexibility index (Phi) is 3.26. The number of hydrogen-bond donors (Lipinski definition) is 0. The summed E-state index contributed by atoms with van der Waals surface area (Å²) in [4.78, 5) is 26.9. The van der Waals surface area contributed by atoms with Crippen molar-refractivity contribution in [3.05, 3.63) is 22.9 Å². The summed E-state index contributed by atoms with van der Waals surface area (Å²) in [5.41, 5.74) is 2.37. The number of carbonyl (C=O) groups is 2. The van der Waals surface area contributed by atoms with E-state index in [0.717, 1.165) is 25.0 Å². The molecular weight excluding hydrogens is 256 g/mol. The van der Waals surface area contributed by atoms with Crippen LogP contribution in [0.15, 0.2) is 16.6 Å². The standard InChI is InChI=1S/C15H16N2O3/c1-10(19)20-15-12(9-18)6-13-7-16-14-5-3-2-4-11(14)8-17(13)15/h6-9,14H,2-5H2,1H3. The molecule has 20 heavy (non-hydrogen) atoms. The fourth-order valence-corrected chi connectivity index (χ4v) is 2.78. The Morgan fingerprint density at radius 3 is 3.10 bits per heavy atom. The summed E-state index contributed by atoms with van der Waals surface area (Å²) in [6.07, 6.45) is 8.82. The first-order valence-electron chi connectivity index (χ1n) is 6.81. The van der Waals surface area contributed by atoms with Crippen LogP contribution in [0.4, 0.5) is 0 Å². The summed E-state index contributed by atoms with van der Waals surface area (Å²) >= 11 is 0. The second kappa shape index (κ2) is 5.07. The number of aromatic nitrogens is 1. The minimum absolute atomic E-state index is 0.216. The molecule has 0 aromatic carbocycles. The Morgan fingerprint density at radius 2 is 2.35 bits per heavy atom. The maximum absolute atomic E-state index is 11.2. The third-order valence-electron chi connectivity index (χ3n) is 3.72. The van der Waals surface area contributed by atoms with Crippen LogP contribution >= 0.6 is 0 Å². The van der Waals surface area contributed by atoms with Crippen LogP contribution in [0.5, 0.6) is 5.88 Å². The first kappa shape index (κ1) is 12.8. The molecule has 1 fully saturated rings. The first-order valence-corrected chi connectivity index (χ1v) is 6.81. The van der Waals surface area contributed by atoms with Crippen molar-refractivity contribution in [1.82, 2.24) is 4.57 Å². The number of ether oxygens (including phenoxy) is 1. The molecule has 0 amide bonds. The minimum Gasteiger partial charge on any atom is -0.408 e. The predicted molar refractivity (Wildman–Crippen MR) is 75.3 cm³/mol. The molecule has 1 atom stereocenters. The summed E-state index contributed by atoms with van der Waals surface area (Å²) in [6.45, 7) is 1.33. The van der Waals surface area contributed by atoms with E-state index in [-0.39, 0.29) is 11.9 Å². The number of nitrogens with zero attached hydrogens (tertiary/aromatic N) is 2. The molecule has 1 aromatic heterocycles. The van der Waals surface area contributed by atoms with Crippen molar-refractivity contribution in [3.63, 3.8) is 0 Å². The number of esters is 1. The molecule has 2 heterocycles. The van der Waals surface area contributed by atoms with Crippen LogP contribution in [0, 0.1) is 0 Å². The Labute approximate surface area is 116 Å². The Balaban J connectivity index is 2.11. The van der Waals surface area contributed by atoms with Crippen LogP contribution in [0.25, 0.3) is 6.20 Å². The zero-order valence-electron chi connectivity index (χ0n) is 11.3. The van der Waals surface area contributed by atoms with Crippen molar-refractivity contribution < 1.29 is 14.3 Å². The number of fused-ring (bicyclic) bond motifs is 2. The van der Waals surface area contributed by atoms with Crippen molar-refractivity contribution in [2.45, 2.75) is 38.6 Å². The first-order chi connectivity index (χ1) is 9.69. The van der Waals surface area contributed by atoms with E-state index in [1.54, 1.807) is 16.8 Å². The van der Waals surface area contributed by atoms with Crippen molar-refractivity contribution in [2.24, 2.45) is 4.99 Å². The quantitative estimate of drug-likeness (QED) is 0.613. The van der Waals surface area contributed by atoms with Gasteiger partial charge in [0.15, 0.2) is 6.29 Å². The molecule has 0 saturated heterocycles. The van der Waals surface area contributed by atoms with Crippen molar-refractivity contribution in [3.8, 4) is 5.88 Å². The van der Waals surface area contributed by atoms with Gasteiger partial charge in [0.05, 0.1) is 17.3 Å². The van der Waals surface area contributed by atoms with Gasteiger partial charge < -0.3 is 4.74 Å². The van der Waals surface area contributed by atoms with Crippen LogP contribution in [0.2, 0.25) is 0 Å². The van der Waals surface area contributed by atoms with Crippen LogP contribution in [-0.2, 0) is 4.79 Å². The third kappa shape index (κ3) is 2.19. The maximum Gasteiger partial charge on any atom is 0.309 e. The predicted octanol–water partition coefficient (Wildman–Crippen LogP) is 2.44. The van der Waals surface area contributed by atoms with Crippen molar-refractivity contribution >= 4 is 24.7 Å². The lowest BCUT2D eigenvalue weighted by atomic mass is 9.91. The lowest BCUT2D eigenvalue weighted by Crippen LogP contribution is -2.13. The molecule has 1 aromatic rings. The second-order valence-electron chi connectivity index (χ2n) is 5.15. The fourth-order valence-electron chi connectivity index (χ4n) is 2.78. The molecule has 0 spiro atoms. The molecule has 0 radical (unpaired) electrons. The van der Waals surface area contributed by atoms with Crippen LogP contribution < -0.4 is 4.74 Å². The number of hydrogen-bond acceptors (Lipinski definition) is 4. The highest BCUT2D eigenvalue weighted by molar-refractivity contribution is 5.89. The van der Waals surface area contributed by atoms with Crippen LogP contribution in [-0.4, -0.2) is 29.1 Å². The number of rotatable bonds is 2. The van der Waals surface area contributed by atoms with Crippen LogP contribution in [0.3, 0.4) is 0 Å². The van der Waals surface area contributed by atoms with Crippen LogP contribution in [0.1, 0.15) is 48.7 Å². The van der Waals surface area contributed by atoms with E-state index in [9.17, 15) is 9.59 Å². The molecule has 104 valence electrons. The van der Waals surface area contributed by atoms with E-state index >= 15 is 0 Å². The average molecular weight is 272 g/mol. The molecule has 1 unspecified atom stereocenters. The third-order valence-corrected chi connectivity index (χ3v) is 3.72. The lowest BCUT2D eigenvalue weighted by molar-refractivity contribution is -0.132. The van der Waals surface area contributed by atoms with Crippen molar-refractivity contribution in [2.75, 3.05) is 0 Å². The lowest BCUT2D eigenvalue weighted by Gasteiger charge is -2.20. The van der Waals surface area contributed by atoms with E-state index < -0.39 is 5.97 Å². The highest BCUT2D eigenvalue weighted by atomic mass is 16.5. The van der Waals surface area contributed by atoms with Gasteiger partial charge >= 0.3 is 5.97 Å². The molecule has 1 aliphatic heterocycles. The van der Waals surface area contributed by atoms with Gasteiger partial charge in [0, 0.05) is 19.3 Å². The molecule has 1 saturated carbocycles. The van der Waals surface area contributed by atoms with E-state index in [2.05, 4.69) is 4.99 Å². The topological polar surface area (TPSA) is 60.7 Å². The highest BCUT2D eigenvalue weighted by Crippen LogP contribution is 2.32. The monoisotopic (exact) mass is 272 g/mol. The summed E-state index contributed by atoms with van der Waals surface area (Å²) < 4.78 is 6.96. The van der Waals surface area contributed by atoms with Gasteiger partial charge in [0.25, 0.3) is 0 Å². The average Bonchev–Trinajstić information content (AvgIpc) is 2.65. The zero-order chi connectivity index (χ0) is 14.1. The Hall–Kier alpha value is -2.17. The highest BCUT2D eigenvalue weighted by Gasteiger charge is 2.23. The van der Waals surface area contributed by atoms with Gasteiger partial charge in [-0.15, -0.1) is 0 Å². The van der Waals surface area contributed by atoms with Gasteiger partial charge in [-0.3, -0.25) is 19.1 Å². The number of aldehydes is 1. The maximum atomic E-state index is 11.2. The number of carbonyl (C=O) groups excluding carboxylic acids is 2. The SMILES string of the molecule is CC(=O)Oc1c(C=O)cc2n1C=C1CCCCC1N=C2. The summed E-state index contributed by atoms with van der Waals surface area (Å²) in [7, 11) is 0. The summed E-state index contributed by atoms with van der Waals surface area (Å²) in [6, 6.07) is 1.91. The Bertz CT molecular complexity index is 625. The number of aliphatic imine (C=N–C) groups is 1. The normalized spacial score (nSPS) is 20.4. The van der Waals surface area contributed by atoms with Gasteiger partial charge in [-0.25, -0.2) is 0 Å². The van der Waals surface area contributed by atoms with Gasteiger partial charge in [-0.2, -0.15) is 0 Å². The largest absolute Gasteiger partial charge is 0.408 e. The second-order valence-corrected chi connectivity index (χ2v) is 5.15. The zero-order valence-corrected chi connectivity index (χ0v) is 11.3. The van der Waals surface area contributed by atoms with Crippen molar-refractivity contribution in [1.29, 1.82) is 0 Å². The van der Waals surface area contributed by atoms with Gasteiger partial charge in [-0.05, 0) is 30.9 Å². The van der Waals surface area contributed by atoms with E-state index in [0.29, 0.717) is 11.8 Å².